The highest BCUT2D eigenvalue weighted by atomic mass is 32.1. The lowest BCUT2D eigenvalue weighted by molar-refractivity contribution is 0.180. The highest BCUT2D eigenvalue weighted by molar-refractivity contribution is 7.80. The third-order valence-corrected chi connectivity index (χ3v) is 6.54. The van der Waals surface area contributed by atoms with Gasteiger partial charge in [-0.2, -0.15) is 0 Å². The Morgan fingerprint density at radius 1 is 1.07 bits per heavy atom. The van der Waals surface area contributed by atoms with Crippen LogP contribution in [-0.2, 0) is 0 Å². The van der Waals surface area contributed by atoms with E-state index in [-0.39, 0.29) is 0 Å². The number of likely N-dealkylation sites (N-methyl/N-ethyl adjacent to an activating group) is 1. The lowest BCUT2D eigenvalue weighted by Crippen LogP contribution is -2.46. The summed E-state index contributed by atoms with van der Waals surface area (Å²) >= 11 is 5.48. The van der Waals surface area contributed by atoms with Crippen LogP contribution in [0, 0.1) is 6.92 Å². The second-order valence-electron chi connectivity index (χ2n) is 8.38. The van der Waals surface area contributed by atoms with Gasteiger partial charge in [0.1, 0.15) is 5.82 Å². The Kier molecular flexibility index (Phi) is 7.02. The van der Waals surface area contributed by atoms with Gasteiger partial charge in [0, 0.05) is 43.8 Å². The van der Waals surface area contributed by atoms with Crippen LogP contribution >= 0.6 is 12.2 Å². The first-order chi connectivity index (χ1) is 14.6. The minimum atomic E-state index is 0.689. The summed E-state index contributed by atoms with van der Waals surface area (Å²) in [5.74, 6) is 1.09. The largest absolute Gasteiger partial charge is 0.362 e. The second-order valence-corrected chi connectivity index (χ2v) is 8.79. The predicted molar refractivity (Wildman–Crippen MR) is 131 cm³/mol. The molecular formula is C23H34N6S. The van der Waals surface area contributed by atoms with E-state index in [9.17, 15) is 0 Å². The van der Waals surface area contributed by atoms with Crippen LogP contribution in [0.1, 0.15) is 25.3 Å². The van der Waals surface area contributed by atoms with Gasteiger partial charge in [-0.3, -0.25) is 0 Å². The van der Waals surface area contributed by atoms with Gasteiger partial charge in [0.25, 0.3) is 0 Å². The van der Waals surface area contributed by atoms with E-state index in [0.717, 1.165) is 69.3 Å². The SMILES string of the molecule is CCN1CCN(c2cc(C)c3cc(NC(=S)NCCCN4CCC4)ccc3n2)CC1. The molecule has 2 fully saturated rings. The number of nitrogens with one attached hydrogen (secondary N) is 2. The molecule has 2 N–H and O–H groups in total. The molecule has 30 heavy (non-hydrogen) atoms. The van der Waals surface area contributed by atoms with Crippen molar-refractivity contribution in [3.05, 3.63) is 29.8 Å². The number of rotatable bonds is 7. The smallest absolute Gasteiger partial charge is 0.170 e. The van der Waals surface area contributed by atoms with Crippen LogP contribution in [0.25, 0.3) is 10.9 Å². The Bertz CT molecular complexity index is 873. The molecule has 6 nitrogen and oxygen atoms in total. The zero-order valence-electron chi connectivity index (χ0n) is 18.3. The number of hydrogen-bond acceptors (Lipinski definition) is 5. The van der Waals surface area contributed by atoms with Crippen molar-refractivity contribution in [2.45, 2.75) is 26.7 Å². The average Bonchev–Trinajstić information content (AvgIpc) is 2.72. The van der Waals surface area contributed by atoms with Crippen LogP contribution in [0.2, 0.25) is 0 Å². The van der Waals surface area contributed by atoms with Gasteiger partial charge in [-0.25, -0.2) is 4.98 Å². The molecule has 1 aromatic heterocycles. The van der Waals surface area contributed by atoms with Crippen molar-refractivity contribution in [1.29, 1.82) is 0 Å². The zero-order chi connectivity index (χ0) is 20.9. The normalized spacial score (nSPS) is 17.7. The number of nitrogens with zero attached hydrogens (tertiary/aromatic N) is 4. The Morgan fingerprint density at radius 3 is 2.57 bits per heavy atom. The van der Waals surface area contributed by atoms with Gasteiger partial charge in [0.05, 0.1) is 5.52 Å². The lowest BCUT2D eigenvalue weighted by Gasteiger charge is -2.35. The van der Waals surface area contributed by atoms with Gasteiger partial charge >= 0.3 is 0 Å². The fourth-order valence-electron chi connectivity index (χ4n) is 4.19. The van der Waals surface area contributed by atoms with Crippen LogP contribution in [0.4, 0.5) is 11.5 Å². The van der Waals surface area contributed by atoms with E-state index in [1.165, 1.54) is 30.5 Å². The van der Waals surface area contributed by atoms with Gasteiger partial charge in [-0.1, -0.05) is 6.92 Å². The number of pyridine rings is 1. The third-order valence-electron chi connectivity index (χ3n) is 6.29. The van der Waals surface area contributed by atoms with Crippen LogP contribution in [0.15, 0.2) is 24.3 Å². The molecule has 0 unspecified atom stereocenters. The number of piperazine rings is 1. The van der Waals surface area contributed by atoms with E-state index in [1.54, 1.807) is 0 Å². The van der Waals surface area contributed by atoms with Gasteiger partial charge in [-0.15, -0.1) is 0 Å². The van der Waals surface area contributed by atoms with Crippen molar-refractivity contribution in [2.24, 2.45) is 0 Å². The molecule has 162 valence electrons. The molecule has 2 aromatic rings. The van der Waals surface area contributed by atoms with Crippen LogP contribution in [0.5, 0.6) is 0 Å². The van der Waals surface area contributed by atoms with Crippen LogP contribution < -0.4 is 15.5 Å². The summed E-state index contributed by atoms with van der Waals surface area (Å²) in [5, 5.41) is 8.52. The number of anilines is 2. The molecule has 4 rings (SSSR count). The molecule has 0 spiro atoms. The van der Waals surface area contributed by atoms with E-state index in [0.29, 0.717) is 5.11 Å². The van der Waals surface area contributed by atoms with Crippen molar-refractivity contribution in [3.63, 3.8) is 0 Å². The minimum absolute atomic E-state index is 0.689. The quantitative estimate of drug-likeness (QED) is 0.521. The van der Waals surface area contributed by atoms with Crippen molar-refractivity contribution in [1.82, 2.24) is 20.1 Å². The Balaban J connectivity index is 1.35. The summed E-state index contributed by atoms with van der Waals surface area (Å²) in [7, 11) is 0. The molecule has 1 aromatic carbocycles. The lowest BCUT2D eigenvalue weighted by atomic mass is 10.1. The Morgan fingerprint density at radius 2 is 1.87 bits per heavy atom. The van der Waals surface area contributed by atoms with Crippen molar-refractivity contribution in [3.8, 4) is 0 Å². The van der Waals surface area contributed by atoms with Crippen LogP contribution in [-0.4, -0.2) is 78.8 Å². The van der Waals surface area contributed by atoms with E-state index in [2.05, 4.69) is 63.4 Å². The summed E-state index contributed by atoms with van der Waals surface area (Å²) in [6.07, 6.45) is 2.47. The monoisotopic (exact) mass is 426 g/mol. The molecule has 3 heterocycles. The van der Waals surface area contributed by atoms with Crippen molar-refractivity contribution < 1.29 is 0 Å². The molecule has 2 aliphatic rings. The number of likely N-dealkylation sites (tertiary alicyclic amines) is 1. The topological polar surface area (TPSA) is 46.7 Å². The second kappa shape index (κ2) is 9.90. The number of hydrogen-bond donors (Lipinski definition) is 2. The van der Waals surface area contributed by atoms with Gasteiger partial charge < -0.3 is 25.3 Å². The average molecular weight is 427 g/mol. The molecule has 0 bridgehead atoms. The molecule has 0 amide bonds. The van der Waals surface area contributed by atoms with Gasteiger partial charge in [-0.05, 0) is 88.0 Å². The van der Waals surface area contributed by atoms with E-state index in [1.807, 2.05) is 0 Å². The van der Waals surface area contributed by atoms with Crippen molar-refractivity contribution in [2.75, 3.05) is 69.1 Å². The van der Waals surface area contributed by atoms with Crippen molar-refractivity contribution >= 4 is 39.7 Å². The Hall–Kier alpha value is -1.96. The number of aromatic nitrogens is 1. The summed E-state index contributed by atoms with van der Waals surface area (Å²) < 4.78 is 0. The fourth-order valence-corrected chi connectivity index (χ4v) is 4.41. The summed E-state index contributed by atoms with van der Waals surface area (Å²) in [6, 6.07) is 8.55. The highest BCUT2D eigenvalue weighted by Gasteiger charge is 2.18. The fraction of sp³-hybridized carbons (Fsp3) is 0.565. The molecule has 7 heteroatoms. The molecule has 0 atom stereocenters. The van der Waals surface area contributed by atoms with Gasteiger partial charge in [0.2, 0.25) is 0 Å². The number of aryl methyl sites for hydroxylation is 1. The first-order valence-corrected chi connectivity index (χ1v) is 11.7. The first kappa shape index (κ1) is 21.3. The van der Waals surface area contributed by atoms with Gasteiger partial charge in [0.15, 0.2) is 5.11 Å². The maximum atomic E-state index is 5.48. The third kappa shape index (κ3) is 5.20. The predicted octanol–water partition coefficient (Wildman–Crippen LogP) is 3.07. The highest BCUT2D eigenvalue weighted by Crippen LogP contribution is 2.26. The molecular weight excluding hydrogens is 392 g/mol. The maximum Gasteiger partial charge on any atom is 0.170 e. The maximum absolute atomic E-state index is 5.48. The molecule has 0 aliphatic carbocycles. The minimum Gasteiger partial charge on any atom is -0.362 e. The summed E-state index contributed by atoms with van der Waals surface area (Å²) in [6.45, 7) is 14.4. The molecule has 2 aliphatic heterocycles. The number of benzene rings is 1. The van der Waals surface area contributed by atoms with E-state index >= 15 is 0 Å². The number of thiocarbonyl (C=S) groups is 1. The summed E-state index contributed by atoms with van der Waals surface area (Å²) in [5.41, 5.74) is 3.31. The Labute approximate surface area is 185 Å². The first-order valence-electron chi connectivity index (χ1n) is 11.3. The molecule has 0 radical (unpaired) electrons. The zero-order valence-corrected chi connectivity index (χ0v) is 19.1. The molecule has 0 saturated carbocycles. The van der Waals surface area contributed by atoms with Crippen LogP contribution in [0.3, 0.4) is 0 Å². The standard InChI is InChI=1S/C23H34N6S/c1-3-27-12-14-29(15-13-27)22-16-18(2)20-17-19(6-7-21(20)26-22)25-23(30)24-8-4-9-28-10-5-11-28/h6-7,16-17H,3-5,8-15H2,1-2H3,(H2,24,25,30). The molecule has 2 saturated heterocycles. The van der Waals surface area contributed by atoms with E-state index in [4.69, 9.17) is 17.2 Å². The van der Waals surface area contributed by atoms with E-state index < -0.39 is 0 Å². The number of fused-ring (bicyclic) bond motifs is 1. The summed E-state index contributed by atoms with van der Waals surface area (Å²) in [4.78, 5) is 12.3.